The van der Waals surface area contributed by atoms with Crippen LogP contribution < -0.4 is 0 Å². The number of hydrogen-bond donors (Lipinski definition) is 0. The summed E-state index contributed by atoms with van der Waals surface area (Å²) in [5.74, 6) is -0.232. The van der Waals surface area contributed by atoms with Gasteiger partial charge in [-0.25, -0.2) is 4.39 Å². The van der Waals surface area contributed by atoms with Crippen molar-refractivity contribution in [1.82, 2.24) is 4.57 Å². The Morgan fingerprint density at radius 2 is 1.92 bits per heavy atom. The molecule has 2 aromatic carbocycles. The Labute approximate surface area is 140 Å². The van der Waals surface area contributed by atoms with Gasteiger partial charge in [-0.3, -0.25) is 4.99 Å². The van der Waals surface area contributed by atoms with Crippen molar-refractivity contribution in [2.45, 2.75) is 13.0 Å². The quantitative estimate of drug-likeness (QED) is 0.609. The highest BCUT2D eigenvalue weighted by Crippen LogP contribution is 2.36. The molecule has 1 aliphatic heterocycles. The first-order valence-corrected chi connectivity index (χ1v) is 7.97. The molecule has 0 fully saturated rings. The summed E-state index contributed by atoms with van der Waals surface area (Å²) in [5, 5.41) is 0. The van der Waals surface area contributed by atoms with Crippen LogP contribution in [0.5, 0.6) is 0 Å². The molecule has 3 heteroatoms. The van der Waals surface area contributed by atoms with Crippen molar-refractivity contribution < 1.29 is 4.39 Å². The first-order valence-electron chi connectivity index (χ1n) is 7.97. The van der Waals surface area contributed by atoms with E-state index in [9.17, 15) is 4.39 Å². The SMILES string of the molecule is C=CCc1c2c(cn1-c1ccccc1F)CN=Cc1ccccc1-2. The molecule has 0 N–H and O–H groups in total. The van der Waals surface area contributed by atoms with E-state index in [0.717, 1.165) is 27.9 Å². The molecule has 4 rings (SSSR count). The van der Waals surface area contributed by atoms with Crippen LogP contribution in [0.25, 0.3) is 16.8 Å². The molecular weight excluding hydrogens is 299 g/mol. The molecule has 0 amide bonds. The Bertz CT molecular complexity index is 950. The maximum atomic E-state index is 14.4. The second-order valence-electron chi connectivity index (χ2n) is 5.85. The largest absolute Gasteiger partial charge is 0.317 e. The van der Waals surface area contributed by atoms with Gasteiger partial charge >= 0.3 is 0 Å². The molecule has 0 bridgehead atoms. The molecule has 0 aliphatic carbocycles. The van der Waals surface area contributed by atoms with Crippen molar-refractivity contribution in [3.63, 3.8) is 0 Å². The summed E-state index contributed by atoms with van der Waals surface area (Å²) in [6, 6.07) is 15.1. The van der Waals surface area contributed by atoms with Crippen LogP contribution in [0.15, 0.2) is 72.4 Å². The fourth-order valence-corrected chi connectivity index (χ4v) is 3.33. The molecule has 0 saturated carbocycles. The van der Waals surface area contributed by atoms with E-state index in [1.165, 1.54) is 6.07 Å². The number of rotatable bonds is 3. The fraction of sp³-hybridized carbons (Fsp3) is 0.0952. The van der Waals surface area contributed by atoms with Gasteiger partial charge in [0.15, 0.2) is 0 Å². The molecule has 24 heavy (non-hydrogen) atoms. The predicted molar refractivity (Wildman–Crippen MR) is 96.4 cm³/mol. The van der Waals surface area contributed by atoms with Gasteiger partial charge in [0.2, 0.25) is 0 Å². The number of benzene rings is 2. The van der Waals surface area contributed by atoms with Gasteiger partial charge in [0.05, 0.1) is 12.2 Å². The van der Waals surface area contributed by atoms with Gasteiger partial charge in [-0.05, 0) is 23.3 Å². The third-order valence-electron chi connectivity index (χ3n) is 4.36. The summed E-state index contributed by atoms with van der Waals surface area (Å²) >= 11 is 0. The molecule has 0 radical (unpaired) electrons. The van der Waals surface area contributed by atoms with Crippen LogP contribution in [0.2, 0.25) is 0 Å². The summed E-state index contributed by atoms with van der Waals surface area (Å²) in [6.07, 6.45) is 6.45. The molecular formula is C21H17FN2. The minimum atomic E-state index is -0.232. The summed E-state index contributed by atoms with van der Waals surface area (Å²) in [6.45, 7) is 4.48. The number of aliphatic imine (C=N–C) groups is 1. The van der Waals surface area contributed by atoms with Crippen LogP contribution in [0.3, 0.4) is 0 Å². The van der Waals surface area contributed by atoms with Gasteiger partial charge in [0.1, 0.15) is 5.82 Å². The Balaban J connectivity index is 2.02. The topological polar surface area (TPSA) is 17.3 Å². The summed E-state index contributed by atoms with van der Waals surface area (Å²) in [4.78, 5) is 4.53. The van der Waals surface area contributed by atoms with Crippen LogP contribution in [0.1, 0.15) is 16.8 Å². The Morgan fingerprint density at radius 1 is 1.12 bits per heavy atom. The zero-order valence-corrected chi connectivity index (χ0v) is 13.2. The lowest BCUT2D eigenvalue weighted by atomic mass is 9.97. The second kappa shape index (κ2) is 5.93. The van der Waals surface area contributed by atoms with Crippen molar-refractivity contribution >= 4 is 6.21 Å². The van der Waals surface area contributed by atoms with E-state index >= 15 is 0 Å². The molecule has 3 aromatic rings. The van der Waals surface area contributed by atoms with Gasteiger partial charge in [-0.15, -0.1) is 6.58 Å². The lowest BCUT2D eigenvalue weighted by molar-refractivity contribution is 0.616. The minimum Gasteiger partial charge on any atom is -0.317 e. The van der Waals surface area contributed by atoms with Crippen molar-refractivity contribution in [2.75, 3.05) is 0 Å². The maximum Gasteiger partial charge on any atom is 0.147 e. The highest BCUT2D eigenvalue weighted by Gasteiger charge is 2.21. The van der Waals surface area contributed by atoms with Crippen LogP contribution >= 0.6 is 0 Å². The first kappa shape index (κ1) is 14.6. The Morgan fingerprint density at radius 3 is 2.75 bits per heavy atom. The number of hydrogen-bond acceptors (Lipinski definition) is 1. The molecule has 0 spiro atoms. The number of para-hydroxylation sites is 1. The first-order chi connectivity index (χ1) is 11.8. The van der Waals surface area contributed by atoms with Gasteiger partial charge in [0.25, 0.3) is 0 Å². The Kier molecular flexibility index (Phi) is 3.62. The van der Waals surface area contributed by atoms with Crippen LogP contribution in [0.4, 0.5) is 4.39 Å². The van der Waals surface area contributed by atoms with E-state index in [4.69, 9.17) is 0 Å². The zero-order valence-electron chi connectivity index (χ0n) is 13.2. The molecule has 1 aromatic heterocycles. The van der Waals surface area contributed by atoms with E-state index in [1.807, 2.05) is 41.3 Å². The Hall–Kier alpha value is -2.94. The highest BCUT2D eigenvalue weighted by atomic mass is 19.1. The summed E-state index contributed by atoms with van der Waals surface area (Å²) in [7, 11) is 0. The third kappa shape index (κ3) is 2.29. The predicted octanol–water partition coefficient (Wildman–Crippen LogP) is 4.94. The van der Waals surface area contributed by atoms with Gasteiger partial charge < -0.3 is 4.57 Å². The second-order valence-corrected chi connectivity index (χ2v) is 5.85. The van der Waals surface area contributed by atoms with Crippen LogP contribution in [0, 0.1) is 5.82 Å². The van der Waals surface area contributed by atoms with Gasteiger partial charge in [-0.2, -0.15) is 0 Å². The van der Waals surface area contributed by atoms with E-state index in [-0.39, 0.29) is 5.82 Å². The third-order valence-corrected chi connectivity index (χ3v) is 4.36. The minimum absolute atomic E-state index is 0.232. The average Bonchev–Trinajstić information content (AvgIpc) is 2.84. The molecule has 0 atom stereocenters. The number of fused-ring (bicyclic) bond motifs is 3. The number of halogens is 1. The standard InChI is InChI=1S/C21H17FN2/c1-2-7-20-21-16(13-23-12-15-8-3-4-9-17(15)21)14-24(20)19-11-6-5-10-18(19)22/h2-6,8-12,14H,1,7,13H2. The fourth-order valence-electron chi connectivity index (χ4n) is 3.33. The van der Waals surface area contributed by atoms with E-state index in [2.05, 4.69) is 23.7 Å². The number of nitrogens with zero attached hydrogens (tertiary/aromatic N) is 2. The molecule has 118 valence electrons. The van der Waals surface area contributed by atoms with E-state index < -0.39 is 0 Å². The molecule has 0 saturated heterocycles. The lowest BCUT2D eigenvalue weighted by Crippen LogP contribution is -2.02. The van der Waals surface area contributed by atoms with Gasteiger partial charge in [0, 0.05) is 35.7 Å². The maximum absolute atomic E-state index is 14.4. The molecule has 2 heterocycles. The summed E-state index contributed by atoms with van der Waals surface area (Å²) in [5.41, 5.74) is 6.09. The highest BCUT2D eigenvalue weighted by molar-refractivity contribution is 5.93. The average molecular weight is 316 g/mol. The zero-order chi connectivity index (χ0) is 16.5. The van der Waals surface area contributed by atoms with E-state index in [1.54, 1.807) is 12.1 Å². The molecule has 0 unspecified atom stereocenters. The monoisotopic (exact) mass is 316 g/mol. The van der Waals surface area contributed by atoms with Crippen molar-refractivity contribution in [3.8, 4) is 16.8 Å². The number of aromatic nitrogens is 1. The van der Waals surface area contributed by atoms with Crippen molar-refractivity contribution in [2.24, 2.45) is 4.99 Å². The molecule has 2 nitrogen and oxygen atoms in total. The van der Waals surface area contributed by atoms with Crippen molar-refractivity contribution in [1.29, 1.82) is 0 Å². The van der Waals surface area contributed by atoms with E-state index in [0.29, 0.717) is 18.7 Å². The van der Waals surface area contributed by atoms with Gasteiger partial charge in [-0.1, -0.05) is 42.5 Å². The van der Waals surface area contributed by atoms with Crippen LogP contribution in [-0.4, -0.2) is 10.8 Å². The van der Waals surface area contributed by atoms with Crippen molar-refractivity contribution in [3.05, 3.63) is 90.0 Å². The van der Waals surface area contributed by atoms with Crippen LogP contribution in [-0.2, 0) is 13.0 Å². The lowest BCUT2D eigenvalue weighted by Gasteiger charge is -2.12. The normalized spacial score (nSPS) is 12.4. The summed E-state index contributed by atoms with van der Waals surface area (Å²) < 4.78 is 16.3. The molecule has 1 aliphatic rings. The number of allylic oxidation sites excluding steroid dienone is 1. The smallest absolute Gasteiger partial charge is 0.147 e.